The predicted molar refractivity (Wildman–Crippen MR) is 101 cm³/mol. The van der Waals surface area contributed by atoms with Gasteiger partial charge in [-0.15, -0.1) is 11.6 Å². The van der Waals surface area contributed by atoms with E-state index in [1.165, 1.54) is 0 Å². The summed E-state index contributed by atoms with van der Waals surface area (Å²) in [4.78, 5) is 24.6. The maximum atomic E-state index is 13.6. The summed E-state index contributed by atoms with van der Waals surface area (Å²) in [6, 6.07) is 0. The van der Waals surface area contributed by atoms with Crippen LogP contribution in [0.15, 0.2) is 0 Å². The van der Waals surface area contributed by atoms with Gasteiger partial charge in [0, 0.05) is 24.0 Å². The second kappa shape index (κ2) is 7.70. The Balaban J connectivity index is 1.15. The number of hydrogen-bond acceptors (Lipinski definition) is 5. The molecule has 1 saturated heterocycles. The fourth-order valence-electron chi connectivity index (χ4n) is 5.04. The molecular weight excluding hydrogens is 389 g/mol. The van der Waals surface area contributed by atoms with Gasteiger partial charge in [0.05, 0.1) is 11.5 Å². The Labute approximate surface area is 169 Å². The Hall–Kier alpha value is -0.960. The minimum absolute atomic E-state index is 0.0541. The lowest BCUT2D eigenvalue weighted by Crippen LogP contribution is -2.84. The monoisotopic (exact) mass is 417 g/mol. The van der Waals surface area contributed by atoms with Crippen molar-refractivity contribution in [2.75, 3.05) is 13.2 Å². The third-order valence-corrected chi connectivity index (χ3v) is 6.93. The highest BCUT2D eigenvalue weighted by Crippen LogP contribution is 2.60. The van der Waals surface area contributed by atoms with Crippen LogP contribution in [0.5, 0.6) is 0 Å². The molecule has 2 bridgehead atoms. The molecule has 5 fully saturated rings. The average Bonchev–Trinajstić information content (AvgIpc) is 3.09. The molecule has 1 heterocycles. The molecule has 0 spiro atoms. The SMILES string of the molecule is CCC1NCC(C(=O)NC23CC(NC(=O)COC4CCC(Cl)C(F)C4)(C2)C3)O1. The van der Waals surface area contributed by atoms with E-state index in [2.05, 4.69) is 16.0 Å². The van der Waals surface area contributed by atoms with Crippen molar-refractivity contribution < 1.29 is 23.5 Å². The van der Waals surface area contributed by atoms with Crippen molar-refractivity contribution in [2.24, 2.45) is 0 Å². The summed E-state index contributed by atoms with van der Waals surface area (Å²) >= 11 is 5.87. The summed E-state index contributed by atoms with van der Waals surface area (Å²) in [5.74, 6) is -0.265. The molecule has 4 aliphatic carbocycles. The van der Waals surface area contributed by atoms with E-state index >= 15 is 0 Å². The van der Waals surface area contributed by atoms with Crippen LogP contribution in [0.1, 0.15) is 51.9 Å². The molecule has 1 aliphatic heterocycles. The summed E-state index contributed by atoms with van der Waals surface area (Å²) in [7, 11) is 0. The van der Waals surface area contributed by atoms with Crippen molar-refractivity contribution in [1.29, 1.82) is 0 Å². The Morgan fingerprint density at radius 1 is 1.25 bits per heavy atom. The number of halogens is 2. The van der Waals surface area contributed by atoms with Crippen LogP contribution in [0.25, 0.3) is 0 Å². The van der Waals surface area contributed by atoms with Gasteiger partial charge >= 0.3 is 0 Å². The van der Waals surface area contributed by atoms with Gasteiger partial charge in [0.1, 0.15) is 19.0 Å². The molecule has 4 saturated carbocycles. The smallest absolute Gasteiger partial charge is 0.250 e. The van der Waals surface area contributed by atoms with E-state index in [9.17, 15) is 14.0 Å². The number of rotatable bonds is 7. The van der Waals surface area contributed by atoms with Crippen molar-refractivity contribution >= 4 is 23.4 Å². The Morgan fingerprint density at radius 3 is 2.61 bits per heavy atom. The number of ether oxygens (including phenoxy) is 2. The first-order chi connectivity index (χ1) is 13.3. The summed E-state index contributed by atoms with van der Waals surface area (Å²) < 4.78 is 24.9. The summed E-state index contributed by atoms with van der Waals surface area (Å²) in [5.41, 5.74) is -0.441. The standard InChI is InChI=1S/C19H29ClFN3O4/c1-2-16-22-6-14(28-16)17(26)24-19-8-18(9-19,10-19)23-15(25)7-27-11-3-4-12(20)13(21)5-11/h11-14,16,22H,2-10H2,1H3,(H,23,25)(H,24,26). The topological polar surface area (TPSA) is 88.7 Å². The molecular formula is C19H29ClFN3O4. The molecule has 0 aromatic rings. The zero-order valence-corrected chi connectivity index (χ0v) is 16.9. The van der Waals surface area contributed by atoms with Gasteiger partial charge in [-0.3, -0.25) is 14.9 Å². The van der Waals surface area contributed by atoms with Crippen LogP contribution in [-0.4, -0.2) is 66.0 Å². The van der Waals surface area contributed by atoms with Crippen molar-refractivity contribution in [2.45, 2.75) is 92.9 Å². The maximum Gasteiger partial charge on any atom is 0.250 e. The van der Waals surface area contributed by atoms with Gasteiger partial charge in [0.2, 0.25) is 5.91 Å². The molecule has 5 rings (SSSR count). The van der Waals surface area contributed by atoms with Gasteiger partial charge in [0.15, 0.2) is 6.10 Å². The van der Waals surface area contributed by atoms with E-state index in [1.54, 1.807) is 0 Å². The fourth-order valence-corrected chi connectivity index (χ4v) is 5.27. The van der Waals surface area contributed by atoms with Crippen molar-refractivity contribution in [3.8, 4) is 0 Å². The van der Waals surface area contributed by atoms with Gasteiger partial charge in [0.25, 0.3) is 5.91 Å². The molecule has 2 amide bonds. The molecule has 0 aromatic carbocycles. The zero-order chi connectivity index (χ0) is 19.9. The lowest BCUT2D eigenvalue weighted by molar-refractivity contribution is -0.157. The van der Waals surface area contributed by atoms with Gasteiger partial charge in [-0.25, -0.2) is 4.39 Å². The average molecular weight is 418 g/mol. The van der Waals surface area contributed by atoms with Gasteiger partial charge in [-0.05, 0) is 38.5 Å². The van der Waals surface area contributed by atoms with E-state index in [0.29, 0.717) is 19.4 Å². The van der Waals surface area contributed by atoms with E-state index in [0.717, 1.165) is 25.7 Å². The second-order valence-electron chi connectivity index (χ2n) is 8.84. The number of carbonyl (C=O) groups is 2. The largest absolute Gasteiger partial charge is 0.368 e. The van der Waals surface area contributed by atoms with Crippen LogP contribution in [0.2, 0.25) is 0 Å². The van der Waals surface area contributed by atoms with E-state index in [1.807, 2.05) is 6.92 Å². The van der Waals surface area contributed by atoms with E-state index in [4.69, 9.17) is 21.1 Å². The molecule has 5 unspecified atom stereocenters. The van der Waals surface area contributed by atoms with E-state index < -0.39 is 17.7 Å². The van der Waals surface area contributed by atoms with Gasteiger partial charge < -0.3 is 20.1 Å². The Kier molecular flexibility index (Phi) is 5.59. The first-order valence-corrected chi connectivity index (χ1v) is 10.7. The van der Waals surface area contributed by atoms with Crippen molar-refractivity contribution in [3.63, 3.8) is 0 Å². The number of hydrogen-bond donors (Lipinski definition) is 3. The van der Waals surface area contributed by atoms with Crippen LogP contribution in [0.3, 0.4) is 0 Å². The number of amides is 2. The Bertz CT molecular complexity index is 617. The van der Waals surface area contributed by atoms with Crippen molar-refractivity contribution in [1.82, 2.24) is 16.0 Å². The first kappa shape index (κ1) is 20.3. The highest BCUT2D eigenvalue weighted by molar-refractivity contribution is 6.21. The molecule has 158 valence electrons. The quantitative estimate of drug-likeness (QED) is 0.540. The summed E-state index contributed by atoms with van der Waals surface area (Å²) in [6.45, 7) is 2.48. The normalized spacial score (nSPS) is 44.3. The highest BCUT2D eigenvalue weighted by Gasteiger charge is 2.69. The molecule has 0 aromatic heterocycles. The molecule has 7 nitrogen and oxygen atoms in total. The number of alkyl halides is 2. The molecule has 0 radical (unpaired) electrons. The lowest BCUT2D eigenvalue weighted by atomic mass is 9.44. The second-order valence-corrected chi connectivity index (χ2v) is 9.40. The molecule has 9 heteroatoms. The van der Waals surface area contributed by atoms with Crippen LogP contribution < -0.4 is 16.0 Å². The van der Waals surface area contributed by atoms with Crippen LogP contribution in [-0.2, 0) is 19.1 Å². The number of nitrogens with one attached hydrogen (secondary N) is 3. The number of carbonyl (C=O) groups excluding carboxylic acids is 2. The molecule has 5 atom stereocenters. The van der Waals surface area contributed by atoms with Gasteiger partial charge in [-0.1, -0.05) is 6.92 Å². The third-order valence-electron chi connectivity index (χ3n) is 6.44. The summed E-state index contributed by atoms with van der Waals surface area (Å²) in [6.07, 6.45) is 2.71. The Morgan fingerprint density at radius 2 is 1.96 bits per heavy atom. The molecule has 5 aliphatic rings. The van der Waals surface area contributed by atoms with Crippen LogP contribution >= 0.6 is 11.6 Å². The van der Waals surface area contributed by atoms with Crippen LogP contribution in [0, 0.1) is 0 Å². The maximum absolute atomic E-state index is 13.6. The minimum Gasteiger partial charge on any atom is -0.368 e. The first-order valence-electron chi connectivity index (χ1n) is 10.2. The van der Waals surface area contributed by atoms with Gasteiger partial charge in [-0.2, -0.15) is 0 Å². The van der Waals surface area contributed by atoms with E-state index in [-0.39, 0.29) is 48.3 Å². The van der Waals surface area contributed by atoms with Crippen LogP contribution in [0.4, 0.5) is 4.39 Å². The molecule has 28 heavy (non-hydrogen) atoms. The zero-order valence-electron chi connectivity index (χ0n) is 16.1. The highest BCUT2D eigenvalue weighted by atomic mass is 35.5. The third kappa shape index (κ3) is 4.01. The molecule has 3 N–H and O–H groups in total. The van der Waals surface area contributed by atoms with Crippen molar-refractivity contribution in [3.05, 3.63) is 0 Å². The summed E-state index contributed by atoms with van der Waals surface area (Å²) in [5, 5.41) is 8.84. The predicted octanol–water partition coefficient (Wildman–Crippen LogP) is 1.13. The fraction of sp³-hybridized carbons (Fsp3) is 0.895. The minimum atomic E-state index is -1.07. The lowest BCUT2D eigenvalue weighted by Gasteiger charge is -2.70.